The minimum Gasteiger partial charge on any atom is -0.426 e. The van der Waals surface area contributed by atoms with Crippen molar-refractivity contribution in [1.82, 2.24) is 4.90 Å². The van der Waals surface area contributed by atoms with Crippen molar-refractivity contribution in [2.45, 2.75) is 38.5 Å². The maximum atomic E-state index is 12.8. The first-order valence-corrected chi connectivity index (χ1v) is 7.16. The molecule has 0 bridgehead atoms. The highest BCUT2D eigenvalue weighted by Gasteiger charge is 2.35. The summed E-state index contributed by atoms with van der Waals surface area (Å²) in [5, 5.41) is 0. The van der Waals surface area contributed by atoms with E-state index in [9.17, 15) is 18.8 Å². The maximum Gasteiger partial charge on any atom is 0.336 e. The van der Waals surface area contributed by atoms with Crippen LogP contribution in [0.4, 0.5) is 4.39 Å². The van der Waals surface area contributed by atoms with Crippen LogP contribution >= 0.6 is 0 Å². The number of imide groups is 1. The van der Waals surface area contributed by atoms with Crippen molar-refractivity contribution in [3.8, 4) is 0 Å². The molecule has 1 aliphatic heterocycles. The van der Waals surface area contributed by atoms with Crippen LogP contribution in [0.25, 0.3) is 0 Å². The summed E-state index contributed by atoms with van der Waals surface area (Å²) in [6.45, 7) is -1.16. The van der Waals surface area contributed by atoms with Crippen molar-refractivity contribution in [3.05, 3.63) is 33.4 Å². The van der Waals surface area contributed by atoms with Crippen molar-refractivity contribution in [1.29, 1.82) is 0 Å². The molecule has 2 heterocycles. The van der Waals surface area contributed by atoms with Crippen LogP contribution in [0.2, 0.25) is 0 Å². The Balaban J connectivity index is 1.91. The van der Waals surface area contributed by atoms with Gasteiger partial charge in [-0.2, -0.15) is 0 Å². The minimum absolute atomic E-state index is 0.0728. The van der Waals surface area contributed by atoms with E-state index in [4.69, 9.17) is 4.42 Å². The standard InChI is InChI=1S/C15H16FNO4/c16-8-17-12(18)7-11-14(15(17)20)10(6-13(19)21-11)3-1-2-9-4-5-9/h6,9H,1-5,7-8H2. The molecule has 2 amide bonds. The second-order valence-corrected chi connectivity index (χ2v) is 5.65. The highest BCUT2D eigenvalue weighted by atomic mass is 19.1. The third-order valence-electron chi connectivity index (χ3n) is 4.06. The normalized spacial score (nSPS) is 18.0. The van der Waals surface area contributed by atoms with Crippen LogP contribution in [0.5, 0.6) is 0 Å². The molecule has 112 valence electrons. The number of fused-ring (bicyclic) bond motifs is 1. The van der Waals surface area contributed by atoms with Gasteiger partial charge < -0.3 is 4.42 Å². The number of halogens is 1. The van der Waals surface area contributed by atoms with Gasteiger partial charge in [-0.05, 0) is 24.3 Å². The molecular weight excluding hydrogens is 277 g/mol. The Kier molecular flexibility index (Phi) is 3.61. The van der Waals surface area contributed by atoms with Gasteiger partial charge in [0.05, 0.1) is 12.0 Å². The maximum absolute atomic E-state index is 12.8. The quantitative estimate of drug-likeness (QED) is 0.613. The van der Waals surface area contributed by atoms with Crippen molar-refractivity contribution in [2.75, 3.05) is 6.80 Å². The van der Waals surface area contributed by atoms with E-state index in [0.29, 0.717) is 16.9 Å². The minimum atomic E-state index is -1.16. The van der Waals surface area contributed by atoms with Gasteiger partial charge >= 0.3 is 5.63 Å². The van der Waals surface area contributed by atoms with Crippen LogP contribution in [-0.2, 0) is 17.6 Å². The van der Waals surface area contributed by atoms with Gasteiger partial charge in [0, 0.05) is 6.07 Å². The summed E-state index contributed by atoms with van der Waals surface area (Å²) >= 11 is 0. The van der Waals surface area contributed by atoms with Crippen LogP contribution in [0.3, 0.4) is 0 Å². The van der Waals surface area contributed by atoms with E-state index in [1.807, 2.05) is 0 Å². The van der Waals surface area contributed by atoms with Gasteiger partial charge in [-0.3, -0.25) is 9.59 Å². The Morgan fingerprint density at radius 3 is 2.71 bits per heavy atom. The molecule has 0 aromatic carbocycles. The number of hydrogen-bond donors (Lipinski definition) is 0. The van der Waals surface area contributed by atoms with Gasteiger partial charge in [0.2, 0.25) is 5.91 Å². The zero-order chi connectivity index (χ0) is 15.0. The third kappa shape index (κ3) is 2.75. The summed E-state index contributed by atoms with van der Waals surface area (Å²) in [6, 6.07) is 1.29. The Morgan fingerprint density at radius 1 is 1.29 bits per heavy atom. The van der Waals surface area contributed by atoms with E-state index in [1.54, 1.807) is 0 Å². The number of aryl methyl sites for hydroxylation is 1. The molecule has 1 aromatic rings. The van der Waals surface area contributed by atoms with E-state index in [-0.39, 0.29) is 17.7 Å². The predicted molar refractivity (Wildman–Crippen MR) is 71.5 cm³/mol. The van der Waals surface area contributed by atoms with Crippen molar-refractivity contribution >= 4 is 11.8 Å². The molecule has 5 nitrogen and oxygen atoms in total. The number of carbonyl (C=O) groups is 2. The lowest BCUT2D eigenvalue weighted by atomic mass is 9.96. The number of carbonyl (C=O) groups excluding carboxylic acids is 2. The topological polar surface area (TPSA) is 67.6 Å². The molecule has 2 aliphatic rings. The zero-order valence-corrected chi connectivity index (χ0v) is 11.6. The lowest BCUT2D eigenvalue weighted by Crippen LogP contribution is -2.42. The summed E-state index contributed by atoms with van der Waals surface area (Å²) < 4.78 is 17.8. The van der Waals surface area contributed by atoms with Crippen molar-refractivity contribution in [3.63, 3.8) is 0 Å². The van der Waals surface area contributed by atoms with E-state index >= 15 is 0 Å². The Hall–Kier alpha value is -1.98. The van der Waals surface area contributed by atoms with Gasteiger partial charge in [0.25, 0.3) is 5.91 Å². The predicted octanol–water partition coefficient (Wildman–Crippen LogP) is 1.82. The molecule has 0 unspecified atom stereocenters. The Bertz CT molecular complexity index is 648. The highest BCUT2D eigenvalue weighted by Crippen LogP contribution is 2.34. The first-order valence-electron chi connectivity index (χ1n) is 7.16. The summed E-state index contributed by atoms with van der Waals surface area (Å²) in [4.78, 5) is 36.0. The number of amides is 2. The average Bonchev–Trinajstić information content (AvgIpc) is 3.22. The summed E-state index contributed by atoms with van der Waals surface area (Å²) in [5.74, 6) is -0.536. The van der Waals surface area contributed by atoms with Gasteiger partial charge in [0.1, 0.15) is 5.76 Å². The van der Waals surface area contributed by atoms with Gasteiger partial charge in [-0.25, -0.2) is 14.1 Å². The molecule has 6 heteroatoms. The molecule has 1 saturated carbocycles. The monoisotopic (exact) mass is 293 g/mol. The van der Waals surface area contributed by atoms with Gasteiger partial charge in [0.15, 0.2) is 6.80 Å². The van der Waals surface area contributed by atoms with E-state index in [0.717, 1.165) is 18.8 Å². The lowest BCUT2D eigenvalue weighted by Gasteiger charge is -2.24. The SMILES string of the molecule is O=C1Cc2oc(=O)cc(CCCC3CC3)c2C(=O)N1CF. The summed E-state index contributed by atoms with van der Waals surface area (Å²) in [7, 11) is 0. The van der Waals surface area contributed by atoms with Gasteiger partial charge in [-0.1, -0.05) is 19.3 Å². The molecule has 0 spiro atoms. The first-order chi connectivity index (χ1) is 10.1. The second-order valence-electron chi connectivity index (χ2n) is 5.65. The number of nitrogens with zero attached hydrogens (tertiary/aromatic N) is 1. The fraction of sp³-hybridized carbons (Fsp3) is 0.533. The fourth-order valence-corrected chi connectivity index (χ4v) is 2.76. The highest BCUT2D eigenvalue weighted by molar-refractivity contribution is 6.09. The molecule has 21 heavy (non-hydrogen) atoms. The van der Waals surface area contributed by atoms with E-state index in [1.165, 1.54) is 18.9 Å². The summed E-state index contributed by atoms with van der Waals surface area (Å²) in [6.07, 6.45) is 4.77. The molecule has 0 radical (unpaired) electrons. The van der Waals surface area contributed by atoms with Crippen LogP contribution in [0.15, 0.2) is 15.3 Å². The van der Waals surface area contributed by atoms with E-state index in [2.05, 4.69) is 0 Å². The smallest absolute Gasteiger partial charge is 0.336 e. The van der Waals surface area contributed by atoms with Crippen LogP contribution in [0.1, 0.15) is 47.4 Å². The fourth-order valence-electron chi connectivity index (χ4n) is 2.76. The van der Waals surface area contributed by atoms with Crippen molar-refractivity contribution < 1.29 is 18.4 Å². The second kappa shape index (κ2) is 5.42. The molecular formula is C15H16FNO4. The van der Waals surface area contributed by atoms with E-state index < -0.39 is 24.2 Å². The Labute approximate surface area is 120 Å². The number of alkyl halides is 1. The molecule has 1 fully saturated rings. The molecule has 3 rings (SSSR count). The molecule has 1 aromatic heterocycles. The number of hydrogen-bond acceptors (Lipinski definition) is 4. The van der Waals surface area contributed by atoms with Crippen LogP contribution in [-0.4, -0.2) is 23.5 Å². The largest absolute Gasteiger partial charge is 0.426 e. The lowest BCUT2D eigenvalue weighted by molar-refractivity contribution is -0.130. The molecule has 1 aliphatic carbocycles. The number of rotatable bonds is 5. The molecule has 0 N–H and O–H groups in total. The van der Waals surface area contributed by atoms with Crippen molar-refractivity contribution in [2.24, 2.45) is 5.92 Å². The first kappa shape index (κ1) is 14.0. The molecule has 0 saturated heterocycles. The van der Waals surface area contributed by atoms with Crippen LogP contribution < -0.4 is 5.63 Å². The molecule has 0 atom stereocenters. The zero-order valence-electron chi connectivity index (χ0n) is 11.6. The third-order valence-corrected chi connectivity index (χ3v) is 4.06. The van der Waals surface area contributed by atoms with Gasteiger partial charge in [-0.15, -0.1) is 0 Å². The van der Waals surface area contributed by atoms with Crippen LogP contribution in [0, 0.1) is 5.92 Å². The summed E-state index contributed by atoms with van der Waals surface area (Å²) in [5.41, 5.74) is 0.199. The Morgan fingerprint density at radius 2 is 2.05 bits per heavy atom. The average molecular weight is 293 g/mol.